The summed E-state index contributed by atoms with van der Waals surface area (Å²) < 4.78 is 23.3. The predicted molar refractivity (Wildman–Crippen MR) is 75.9 cm³/mol. The van der Waals surface area contributed by atoms with Crippen molar-refractivity contribution in [2.45, 2.75) is 31.6 Å². The number of sulfone groups is 1. The lowest BCUT2D eigenvalue weighted by molar-refractivity contribution is 0.247. The molecule has 0 unspecified atom stereocenters. The molecule has 1 rings (SSSR count). The van der Waals surface area contributed by atoms with Gasteiger partial charge in [-0.15, -0.1) is 0 Å². The molecule has 0 radical (unpaired) electrons. The largest absolute Gasteiger partial charge is 0.396 e. The molecule has 0 saturated heterocycles. The Bertz CT molecular complexity index is 512. The van der Waals surface area contributed by atoms with Crippen molar-refractivity contribution in [2.75, 3.05) is 24.7 Å². The molecule has 0 atom stereocenters. The predicted octanol–water partition coefficient (Wildman–Crippen LogP) is 1.70. The third-order valence-electron chi connectivity index (χ3n) is 2.92. The smallest absolute Gasteiger partial charge is 0.179 e. The van der Waals surface area contributed by atoms with Crippen LogP contribution in [-0.2, 0) is 9.84 Å². The van der Waals surface area contributed by atoms with Crippen molar-refractivity contribution in [2.24, 2.45) is 5.41 Å². The van der Waals surface area contributed by atoms with Gasteiger partial charge in [-0.05, 0) is 30.4 Å². The molecular formula is C13H22N2O3S. The Morgan fingerprint density at radius 2 is 2.11 bits per heavy atom. The van der Waals surface area contributed by atoms with Crippen LogP contribution in [0.3, 0.4) is 0 Å². The molecule has 6 heteroatoms. The van der Waals surface area contributed by atoms with Gasteiger partial charge < -0.3 is 10.4 Å². The summed E-state index contributed by atoms with van der Waals surface area (Å²) in [5, 5.41) is 12.0. The zero-order valence-electron chi connectivity index (χ0n) is 11.7. The number of pyridine rings is 1. The number of nitrogens with one attached hydrogen (secondary N) is 1. The van der Waals surface area contributed by atoms with Gasteiger partial charge >= 0.3 is 0 Å². The van der Waals surface area contributed by atoms with Crippen molar-refractivity contribution in [3.05, 3.63) is 18.3 Å². The molecule has 0 saturated carbocycles. The first-order chi connectivity index (χ1) is 8.76. The number of aliphatic hydroxyl groups is 1. The van der Waals surface area contributed by atoms with E-state index in [4.69, 9.17) is 5.11 Å². The van der Waals surface area contributed by atoms with Crippen LogP contribution in [0.2, 0.25) is 0 Å². The second-order valence-electron chi connectivity index (χ2n) is 5.47. The second-order valence-corrected chi connectivity index (χ2v) is 7.45. The minimum atomic E-state index is -3.28. The standard InChI is InChI=1S/C13H22N2O3S/c1-13(2,7-5-9-16)10-15-12-11(19(3,17)18)6-4-8-14-12/h4,6,8,16H,5,7,9-10H2,1-3H3,(H,14,15). The van der Waals surface area contributed by atoms with Crippen LogP contribution in [-0.4, -0.2) is 37.9 Å². The van der Waals surface area contributed by atoms with Gasteiger partial charge in [0.1, 0.15) is 10.7 Å². The van der Waals surface area contributed by atoms with E-state index in [2.05, 4.69) is 24.1 Å². The number of nitrogens with zero attached hydrogens (tertiary/aromatic N) is 1. The van der Waals surface area contributed by atoms with Crippen molar-refractivity contribution < 1.29 is 13.5 Å². The number of hydrogen-bond acceptors (Lipinski definition) is 5. The number of rotatable bonds is 7. The van der Waals surface area contributed by atoms with Crippen molar-refractivity contribution in [3.63, 3.8) is 0 Å². The van der Waals surface area contributed by atoms with Crippen molar-refractivity contribution in [1.29, 1.82) is 0 Å². The zero-order chi connectivity index (χ0) is 14.5. The van der Waals surface area contributed by atoms with Crippen molar-refractivity contribution in [1.82, 2.24) is 4.98 Å². The normalized spacial score (nSPS) is 12.4. The molecule has 0 aliphatic carbocycles. The van der Waals surface area contributed by atoms with Crippen LogP contribution in [0.1, 0.15) is 26.7 Å². The Balaban J connectivity index is 2.79. The van der Waals surface area contributed by atoms with E-state index in [1.807, 2.05) is 0 Å². The van der Waals surface area contributed by atoms with Crippen LogP contribution >= 0.6 is 0 Å². The molecule has 1 aromatic rings. The molecule has 0 fully saturated rings. The van der Waals surface area contributed by atoms with Gasteiger partial charge in [-0.1, -0.05) is 13.8 Å². The summed E-state index contributed by atoms with van der Waals surface area (Å²) in [5.74, 6) is 0.391. The summed E-state index contributed by atoms with van der Waals surface area (Å²) in [6, 6.07) is 3.16. The van der Waals surface area contributed by atoms with Gasteiger partial charge in [0, 0.05) is 25.6 Å². The molecule has 2 N–H and O–H groups in total. The summed E-state index contributed by atoms with van der Waals surface area (Å²) in [6.45, 7) is 4.91. The lowest BCUT2D eigenvalue weighted by atomic mass is 9.88. The SMILES string of the molecule is CC(C)(CCCO)CNc1ncccc1S(C)(=O)=O. The third-order valence-corrected chi connectivity index (χ3v) is 4.04. The molecular weight excluding hydrogens is 264 g/mol. The highest BCUT2D eigenvalue weighted by Crippen LogP contribution is 2.24. The molecule has 108 valence electrons. The minimum Gasteiger partial charge on any atom is -0.396 e. The maximum atomic E-state index is 11.6. The highest BCUT2D eigenvalue weighted by Gasteiger charge is 2.19. The van der Waals surface area contributed by atoms with Gasteiger partial charge in [-0.25, -0.2) is 13.4 Å². The fraction of sp³-hybridized carbons (Fsp3) is 0.615. The first-order valence-corrected chi connectivity index (χ1v) is 8.15. The van der Waals surface area contributed by atoms with E-state index in [0.29, 0.717) is 12.4 Å². The molecule has 0 aliphatic rings. The summed E-state index contributed by atoms with van der Waals surface area (Å²) in [4.78, 5) is 4.30. The Labute approximate surface area is 115 Å². The Morgan fingerprint density at radius 1 is 1.42 bits per heavy atom. The lowest BCUT2D eigenvalue weighted by Gasteiger charge is -2.25. The monoisotopic (exact) mass is 286 g/mol. The highest BCUT2D eigenvalue weighted by molar-refractivity contribution is 7.90. The fourth-order valence-corrected chi connectivity index (χ4v) is 2.59. The lowest BCUT2D eigenvalue weighted by Crippen LogP contribution is -2.24. The van der Waals surface area contributed by atoms with Crippen LogP contribution in [0.5, 0.6) is 0 Å². The Morgan fingerprint density at radius 3 is 2.68 bits per heavy atom. The van der Waals surface area contributed by atoms with Crippen molar-refractivity contribution in [3.8, 4) is 0 Å². The third kappa shape index (κ3) is 5.16. The molecule has 19 heavy (non-hydrogen) atoms. The molecule has 0 aromatic carbocycles. The van der Waals surface area contributed by atoms with E-state index >= 15 is 0 Å². The number of aromatic nitrogens is 1. The summed E-state index contributed by atoms with van der Waals surface area (Å²) >= 11 is 0. The fourth-order valence-electron chi connectivity index (χ4n) is 1.79. The van der Waals surface area contributed by atoms with Gasteiger partial charge in [0.2, 0.25) is 0 Å². The maximum Gasteiger partial charge on any atom is 0.179 e. The van der Waals surface area contributed by atoms with Crippen LogP contribution in [0, 0.1) is 5.41 Å². The number of aliphatic hydroxyl groups excluding tert-OH is 1. The Hall–Kier alpha value is -1.14. The molecule has 0 bridgehead atoms. The number of hydrogen-bond donors (Lipinski definition) is 2. The Kier molecular flexibility index (Phi) is 5.31. The summed E-state index contributed by atoms with van der Waals surface area (Å²) in [6.07, 6.45) is 4.33. The molecule has 5 nitrogen and oxygen atoms in total. The van der Waals surface area contributed by atoms with Gasteiger partial charge in [-0.3, -0.25) is 0 Å². The van der Waals surface area contributed by atoms with E-state index < -0.39 is 9.84 Å². The van der Waals surface area contributed by atoms with Gasteiger partial charge in [0.05, 0.1) is 0 Å². The van der Waals surface area contributed by atoms with Crippen LogP contribution in [0.25, 0.3) is 0 Å². The minimum absolute atomic E-state index is 0.0327. The van der Waals surface area contributed by atoms with Crippen LogP contribution < -0.4 is 5.32 Å². The van der Waals surface area contributed by atoms with Gasteiger partial charge in [0.15, 0.2) is 9.84 Å². The summed E-state index contributed by atoms with van der Waals surface area (Å²) in [5.41, 5.74) is -0.0327. The maximum absolute atomic E-state index is 11.6. The quantitative estimate of drug-likeness (QED) is 0.797. The average molecular weight is 286 g/mol. The van der Waals surface area contributed by atoms with E-state index in [1.165, 1.54) is 6.26 Å². The first kappa shape index (κ1) is 15.9. The molecule has 1 aromatic heterocycles. The topological polar surface area (TPSA) is 79.3 Å². The van der Waals surface area contributed by atoms with Gasteiger partial charge in [0.25, 0.3) is 0 Å². The van der Waals surface area contributed by atoms with Crippen molar-refractivity contribution >= 4 is 15.7 Å². The second kappa shape index (κ2) is 6.34. The molecule has 0 aliphatic heterocycles. The molecule has 0 amide bonds. The zero-order valence-corrected chi connectivity index (χ0v) is 12.5. The van der Waals surface area contributed by atoms with Gasteiger partial charge in [-0.2, -0.15) is 0 Å². The van der Waals surface area contributed by atoms with E-state index in [-0.39, 0.29) is 16.9 Å². The number of anilines is 1. The summed E-state index contributed by atoms with van der Waals surface area (Å²) in [7, 11) is -3.28. The highest BCUT2D eigenvalue weighted by atomic mass is 32.2. The van der Waals surface area contributed by atoms with E-state index in [1.54, 1.807) is 18.3 Å². The van der Waals surface area contributed by atoms with Crippen LogP contribution in [0.4, 0.5) is 5.82 Å². The first-order valence-electron chi connectivity index (χ1n) is 6.26. The molecule has 0 spiro atoms. The van der Waals surface area contributed by atoms with Crippen LogP contribution in [0.15, 0.2) is 23.2 Å². The average Bonchev–Trinajstić information content (AvgIpc) is 2.33. The van der Waals surface area contributed by atoms with E-state index in [9.17, 15) is 8.42 Å². The molecule has 1 heterocycles. The van der Waals surface area contributed by atoms with E-state index in [0.717, 1.165) is 12.8 Å².